The number of nitrogens with zero attached hydrogens (tertiary/aromatic N) is 1. The minimum Gasteiger partial charge on any atom is -0.444 e. The zero-order valence-electron chi connectivity index (χ0n) is 14.2. The maximum atomic E-state index is 13.8. The van der Waals surface area contributed by atoms with Crippen LogP contribution < -0.4 is 10.6 Å². The largest absolute Gasteiger partial charge is 0.444 e. The quantitative estimate of drug-likeness (QED) is 0.788. The Kier molecular flexibility index (Phi) is 6.55. The van der Waals surface area contributed by atoms with Crippen LogP contribution in [0, 0.1) is 0 Å². The molecule has 0 spiro atoms. The van der Waals surface area contributed by atoms with E-state index in [2.05, 4.69) is 29.4 Å². The van der Waals surface area contributed by atoms with Crippen LogP contribution in [0.25, 0.3) is 0 Å². The molecule has 0 aliphatic carbocycles. The third-order valence-electron chi connectivity index (χ3n) is 3.49. The van der Waals surface area contributed by atoms with Crippen molar-refractivity contribution < 1.29 is 18.3 Å². The molecule has 0 radical (unpaired) electrons. The molecule has 1 rings (SSSR count). The highest BCUT2D eigenvalue weighted by Gasteiger charge is 2.33. The molecule has 1 aliphatic heterocycles. The Bertz CT molecular complexity index is 370. The van der Waals surface area contributed by atoms with Crippen LogP contribution in [0.15, 0.2) is 0 Å². The summed E-state index contributed by atoms with van der Waals surface area (Å²) in [5.41, 5.74) is -0.693. The van der Waals surface area contributed by atoms with Gasteiger partial charge in [0, 0.05) is 18.6 Å². The zero-order valence-corrected chi connectivity index (χ0v) is 14.2. The summed E-state index contributed by atoms with van der Waals surface area (Å²) in [5, 5.41) is 5.02. The van der Waals surface area contributed by atoms with E-state index in [1.807, 2.05) is 0 Å². The second-order valence-corrected chi connectivity index (χ2v) is 7.17. The van der Waals surface area contributed by atoms with Gasteiger partial charge in [-0.1, -0.05) is 0 Å². The zero-order chi connectivity index (χ0) is 17.0. The molecule has 0 saturated carbocycles. The Morgan fingerprint density at radius 3 is 2.45 bits per heavy atom. The molecule has 0 aromatic rings. The lowest BCUT2D eigenvalue weighted by molar-refractivity contribution is -0.00540. The van der Waals surface area contributed by atoms with Crippen molar-refractivity contribution in [3.8, 4) is 0 Å². The minimum atomic E-state index is -3.00. The molecule has 0 aromatic heterocycles. The van der Waals surface area contributed by atoms with Crippen molar-refractivity contribution in [3.63, 3.8) is 0 Å². The molecular formula is C15H29F2N3O2. The fourth-order valence-electron chi connectivity index (χ4n) is 2.29. The van der Waals surface area contributed by atoms with Gasteiger partial charge in [-0.3, -0.25) is 4.90 Å². The van der Waals surface area contributed by atoms with Crippen LogP contribution in [0.5, 0.6) is 0 Å². The van der Waals surface area contributed by atoms with E-state index in [1.54, 1.807) is 20.8 Å². The highest BCUT2D eigenvalue weighted by atomic mass is 19.3. The van der Waals surface area contributed by atoms with Crippen molar-refractivity contribution in [2.24, 2.45) is 0 Å². The van der Waals surface area contributed by atoms with Gasteiger partial charge >= 0.3 is 6.09 Å². The number of nitrogens with one attached hydrogen (secondary N) is 2. The summed E-state index contributed by atoms with van der Waals surface area (Å²) in [6.07, 6.45) is 0.0485. The fourth-order valence-corrected chi connectivity index (χ4v) is 2.29. The van der Waals surface area contributed by atoms with Crippen molar-refractivity contribution in [1.82, 2.24) is 15.5 Å². The number of ether oxygens (including phenoxy) is 1. The predicted octanol–water partition coefficient (Wildman–Crippen LogP) is 2.22. The van der Waals surface area contributed by atoms with Crippen LogP contribution in [-0.4, -0.2) is 60.8 Å². The first kappa shape index (κ1) is 19.1. The molecule has 0 bridgehead atoms. The van der Waals surface area contributed by atoms with Gasteiger partial charge in [-0.05, 0) is 47.6 Å². The number of alkyl halides is 2. The molecule has 1 fully saturated rings. The molecule has 1 atom stereocenters. The highest BCUT2D eigenvalue weighted by Crippen LogP contribution is 2.16. The number of amides is 1. The van der Waals surface area contributed by atoms with Crippen LogP contribution in [-0.2, 0) is 4.74 Å². The topological polar surface area (TPSA) is 53.6 Å². The average molecular weight is 321 g/mol. The number of likely N-dealkylation sites (tertiary alicyclic amines) is 1. The number of hydrogen-bond acceptors (Lipinski definition) is 4. The fraction of sp³-hybridized carbons (Fsp3) is 0.933. The average Bonchev–Trinajstić information content (AvgIpc) is 2.81. The second kappa shape index (κ2) is 7.55. The summed E-state index contributed by atoms with van der Waals surface area (Å²) >= 11 is 0. The lowest BCUT2D eigenvalue weighted by atomic mass is 10.2. The Hall–Kier alpha value is -0.950. The predicted molar refractivity (Wildman–Crippen MR) is 82.3 cm³/mol. The van der Waals surface area contributed by atoms with Crippen molar-refractivity contribution >= 4 is 6.09 Å². The van der Waals surface area contributed by atoms with Gasteiger partial charge in [-0.2, -0.15) is 0 Å². The lowest BCUT2D eigenvalue weighted by Crippen LogP contribution is -2.47. The Labute approximate surface area is 131 Å². The van der Waals surface area contributed by atoms with E-state index in [4.69, 9.17) is 4.74 Å². The molecule has 2 N–H and O–H groups in total. The van der Waals surface area contributed by atoms with Crippen molar-refractivity contribution in [2.45, 2.75) is 64.6 Å². The SMILES string of the molecule is CC(C)N1CCC(NCC(F)(F)CNC(=O)OC(C)(C)C)C1. The van der Waals surface area contributed by atoms with Crippen LogP contribution in [0.4, 0.5) is 13.6 Å². The first-order chi connectivity index (χ1) is 9.98. The van der Waals surface area contributed by atoms with Gasteiger partial charge in [0.1, 0.15) is 5.60 Å². The van der Waals surface area contributed by atoms with Crippen LogP contribution in [0.3, 0.4) is 0 Å². The van der Waals surface area contributed by atoms with Crippen molar-refractivity contribution in [3.05, 3.63) is 0 Å². The Balaban J connectivity index is 2.28. The molecule has 1 heterocycles. The van der Waals surface area contributed by atoms with Crippen LogP contribution in [0.2, 0.25) is 0 Å². The van der Waals surface area contributed by atoms with E-state index in [-0.39, 0.29) is 6.04 Å². The van der Waals surface area contributed by atoms with Crippen LogP contribution >= 0.6 is 0 Å². The Morgan fingerprint density at radius 2 is 1.95 bits per heavy atom. The summed E-state index contributed by atoms with van der Waals surface area (Å²) in [6, 6.07) is 0.510. The van der Waals surface area contributed by atoms with E-state index >= 15 is 0 Å². The number of carbonyl (C=O) groups excluding carboxylic acids is 1. The molecule has 1 amide bonds. The summed E-state index contributed by atoms with van der Waals surface area (Å²) in [7, 11) is 0. The maximum absolute atomic E-state index is 13.8. The van der Waals surface area contributed by atoms with Crippen molar-refractivity contribution in [1.29, 1.82) is 0 Å². The molecule has 5 nitrogen and oxygen atoms in total. The molecule has 1 saturated heterocycles. The van der Waals surface area contributed by atoms with E-state index < -0.39 is 30.7 Å². The first-order valence-electron chi connectivity index (χ1n) is 7.81. The van der Waals surface area contributed by atoms with E-state index in [0.29, 0.717) is 6.04 Å². The molecule has 22 heavy (non-hydrogen) atoms. The van der Waals surface area contributed by atoms with Gasteiger partial charge in [0.25, 0.3) is 5.92 Å². The molecule has 0 aromatic carbocycles. The number of alkyl carbamates (subject to hydrolysis) is 1. The molecule has 7 heteroatoms. The molecule has 1 unspecified atom stereocenters. The maximum Gasteiger partial charge on any atom is 0.407 e. The number of hydrogen-bond donors (Lipinski definition) is 2. The van der Waals surface area contributed by atoms with Crippen molar-refractivity contribution in [2.75, 3.05) is 26.2 Å². The normalized spacial score (nSPS) is 20.5. The minimum absolute atomic E-state index is 0.0785. The standard InChI is InChI=1S/C15H29F2N3O2/c1-11(2)20-7-6-12(8-20)18-9-15(16,17)10-19-13(21)22-14(3,4)5/h11-12,18H,6-10H2,1-5H3,(H,19,21). The van der Waals surface area contributed by atoms with E-state index in [1.165, 1.54) is 0 Å². The van der Waals surface area contributed by atoms with Gasteiger partial charge in [0.2, 0.25) is 0 Å². The van der Waals surface area contributed by atoms with E-state index in [0.717, 1.165) is 19.5 Å². The summed E-state index contributed by atoms with van der Waals surface area (Å²) in [4.78, 5) is 13.6. The summed E-state index contributed by atoms with van der Waals surface area (Å²) in [6.45, 7) is 9.80. The van der Waals surface area contributed by atoms with Gasteiger partial charge in [0.15, 0.2) is 0 Å². The van der Waals surface area contributed by atoms with Gasteiger partial charge in [-0.15, -0.1) is 0 Å². The third-order valence-corrected chi connectivity index (χ3v) is 3.49. The van der Waals surface area contributed by atoms with Gasteiger partial charge in [0.05, 0.1) is 13.1 Å². The second-order valence-electron chi connectivity index (χ2n) is 7.17. The summed E-state index contributed by atoms with van der Waals surface area (Å²) < 4.78 is 32.5. The summed E-state index contributed by atoms with van der Waals surface area (Å²) in [5.74, 6) is -3.00. The molecular weight excluding hydrogens is 292 g/mol. The molecule has 130 valence electrons. The van der Waals surface area contributed by atoms with Gasteiger partial charge in [-0.25, -0.2) is 13.6 Å². The first-order valence-corrected chi connectivity index (χ1v) is 7.81. The monoisotopic (exact) mass is 321 g/mol. The third kappa shape index (κ3) is 7.35. The number of carbonyl (C=O) groups is 1. The molecule has 1 aliphatic rings. The van der Waals surface area contributed by atoms with Gasteiger partial charge < -0.3 is 15.4 Å². The number of rotatable bonds is 6. The Morgan fingerprint density at radius 1 is 1.32 bits per heavy atom. The highest BCUT2D eigenvalue weighted by molar-refractivity contribution is 5.67. The van der Waals surface area contributed by atoms with Crippen LogP contribution in [0.1, 0.15) is 41.0 Å². The smallest absolute Gasteiger partial charge is 0.407 e. The van der Waals surface area contributed by atoms with E-state index in [9.17, 15) is 13.6 Å². The lowest BCUT2D eigenvalue weighted by Gasteiger charge is -2.24. The number of halogens is 2.